The van der Waals surface area contributed by atoms with Crippen molar-refractivity contribution in [1.29, 1.82) is 0 Å². The van der Waals surface area contributed by atoms with Crippen molar-refractivity contribution in [3.8, 4) is 0 Å². The third-order valence-electron chi connectivity index (χ3n) is 3.95. The van der Waals surface area contributed by atoms with Gasteiger partial charge in [0.1, 0.15) is 5.54 Å². The minimum absolute atomic E-state index is 0.152. The molecule has 1 rings (SSSR count). The summed E-state index contributed by atoms with van der Waals surface area (Å²) in [6.45, 7) is 5.13. The van der Waals surface area contributed by atoms with E-state index in [2.05, 4.69) is 12.2 Å². The van der Waals surface area contributed by atoms with Gasteiger partial charge in [0.2, 0.25) is 5.91 Å². The van der Waals surface area contributed by atoms with Crippen molar-refractivity contribution in [2.45, 2.75) is 64.8 Å². The van der Waals surface area contributed by atoms with E-state index in [9.17, 15) is 9.59 Å². The quantitative estimate of drug-likeness (QED) is 0.793. The second-order valence-electron chi connectivity index (χ2n) is 6.06. The molecule has 0 saturated heterocycles. The lowest BCUT2D eigenvalue weighted by atomic mass is 9.79. The van der Waals surface area contributed by atoms with Crippen LogP contribution in [0.2, 0.25) is 0 Å². The van der Waals surface area contributed by atoms with Crippen LogP contribution in [0.5, 0.6) is 0 Å². The Hall–Kier alpha value is -1.06. The summed E-state index contributed by atoms with van der Waals surface area (Å²) in [5.41, 5.74) is -1.18. The average Bonchev–Trinajstić information content (AvgIpc) is 2.29. The van der Waals surface area contributed by atoms with E-state index in [4.69, 9.17) is 5.11 Å². The Balaban J connectivity index is 2.41. The third-order valence-corrected chi connectivity index (χ3v) is 3.95. The van der Waals surface area contributed by atoms with E-state index in [1.165, 1.54) is 46.0 Å². The van der Waals surface area contributed by atoms with Gasteiger partial charge in [-0.3, -0.25) is 4.79 Å². The molecule has 0 radical (unpaired) electrons. The lowest BCUT2D eigenvalue weighted by molar-refractivity contribution is -0.146. The zero-order valence-electron chi connectivity index (χ0n) is 11.7. The topological polar surface area (TPSA) is 66.4 Å². The van der Waals surface area contributed by atoms with E-state index in [-0.39, 0.29) is 5.91 Å². The Kier molecular flexibility index (Phi) is 5.17. The molecular formula is C14H25NO3. The highest BCUT2D eigenvalue weighted by Gasteiger charge is 2.30. The van der Waals surface area contributed by atoms with Crippen LogP contribution < -0.4 is 5.32 Å². The Morgan fingerprint density at radius 1 is 1.28 bits per heavy atom. The summed E-state index contributed by atoms with van der Waals surface area (Å²) in [6, 6.07) is 0. The Bertz CT molecular complexity index is 306. The van der Waals surface area contributed by atoms with Gasteiger partial charge in [-0.05, 0) is 25.7 Å². The number of aliphatic carboxylic acids is 1. The Morgan fingerprint density at radius 2 is 1.83 bits per heavy atom. The molecule has 2 N–H and O–H groups in total. The highest BCUT2D eigenvalue weighted by molar-refractivity contribution is 5.86. The normalized spacial score (nSPS) is 19.3. The molecule has 0 aromatic rings. The van der Waals surface area contributed by atoms with E-state index < -0.39 is 11.5 Å². The molecule has 18 heavy (non-hydrogen) atoms. The number of carbonyl (C=O) groups excluding carboxylic acids is 1. The minimum Gasteiger partial charge on any atom is -0.480 e. The number of amides is 1. The fourth-order valence-corrected chi connectivity index (χ4v) is 2.62. The third kappa shape index (κ3) is 4.31. The molecule has 104 valence electrons. The van der Waals surface area contributed by atoms with Crippen molar-refractivity contribution in [2.24, 2.45) is 11.8 Å². The highest BCUT2D eigenvalue weighted by atomic mass is 16.4. The maximum absolute atomic E-state index is 11.8. The van der Waals surface area contributed by atoms with Gasteiger partial charge >= 0.3 is 5.97 Å². The second-order valence-corrected chi connectivity index (χ2v) is 6.06. The molecule has 4 nitrogen and oxygen atoms in total. The van der Waals surface area contributed by atoms with Gasteiger partial charge in [0.15, 0.2) is 0 Å². The molecule has 1 amide bonds. The molecule has 0 aromatic heterocycles. The van der Waals surface area contributed by atoms with E-state index in [0.717, 1.165) is 0 Å². The summed E-state index contributed by atoms with van der Waals surface area (Å²) < 4.78 is 0. The van der Waals surface area contributed by atoms with Crippen molar-refractivity contribution < 1.29 is 14.7 Å². The lowest BCUT2D eigenvalue weighted by Gasteiger charge is -2.28. The standard InChI is InChI=1S/C14H25NO3/c1-10(11-7-5-4-6-8-11)9-12(16)15-14(2,3)13(17)18/h10-11H,4-9H2,1-3H3,(H,15,16)(H,17,18). The number of rotatable bonds is 5. The fourth-order valence-electron chi connectivity index (χ4n) is 2.62. The Labute approximate surface area is 109 Å². The summed E-state index contributed by atoms with van der Waals surface area (Å²) in [7, 11) is 0. The molecule has 1 atom stereocenters. The summed E-state index contributed by atoms with van der Waals surface area (Å²) in [5.74, 6) is -0.186. The van der Waals surface area contributed by atoms with Crippen LogP contribution in [-0.2, 0) is 9.59 Å². The summed E-state index contributed by atoms with van der Waals surface area (Å²) in [6.07, 6.45) is 6.67. The molecule has 1 fully saturated rings. The predicted molar refractivity (Wildman–Crippen MR) is 70.2 cm³/mol. The molecule has 0 aliphatic heterocycles. The molecular weight excluding hydrogens is 230 g/mol. The van der Waals surface area contributed by atoms with Crippen LogP contribution in [-0.4, -0.2) is 22.5 Å². The first kappa shape index (κ1) is 15.0. The van der Waals surface area contributed by atoms with E-state index in [0.29, 0.717) is 18.3 Å². The summed E-state index contributed by atoms with van der Waals surface area (Å²) >= 11 is 0. The van der Waals surface area contributed by atoms with Gasteiger partial charge in [0.25, 0.3) is 0 Å². The van der Waals surface area contributed by atoms with Crippen molar-refractivity contribution in [1.82, 2.24) is 5.32 Å². The van der Waals surface area contributed by atoms with Crippen molar-refractivity contribution in [3.63, 3.8) is 0 Å². The van der Waals surface area contributed by atoms with Gasteiger partial charge in [-0.2, -0.15) is 0 Å². The molecule has 0 spiro atoms. The molecule has 0 bridgehead atoms. The molecule has 0 heterocycles. The van der Waals surface area contributed by atoms with Gasteiger partial charge in [0, 0.05) is 6.42 Å². The van der Waals surface area contributed by atoms with Crippen LogP contribution in [0.15, 0.2) is 0 Å². The van der Waals surface area contributed by atoms with E-state index in [1.807, 2.05) is 0 Å². The highest BCUT2D eigenvalue weighted by Crippen LogP contribution is 2.31. The van der Waals surface area contributed by atoms with E-state index >= 15 is 0 Å². The molecule has 0 aromatic carbocycles. The van der Waals surface area contributed by atoms with Crippen LogP contribution in [0.1, 0.15) is 59.3 Å². The summed E-state index contributed by atoms with van der Waals surface area (Å²) in [4.78, 5) is 22.8. The van der Waals surface area contributed by atoms with Gasteiger partial charge in [-0.25, -0.2) is 4.79 Å². The van der Waals surface area contributed by atoms with Crippen LogP contribution in [0.25, 0.3) is 0 Å². The fraction of sp³-hybridized carbons (Fsp3) is 0.857. The summed E-state index contributed by atoms with van der Waals surface area (Å²) in [5, 5.41) is 11.5. The molecule has 1 saturated carbocycles. The largest absolute Gasteiger partial charge is 0.480 e. The first-order valence-corrected chi connectivity index (χ1v) is 6.87. The molecule has 1 aliphatic rings. The van der Waals surface area contributed by atoms with Crippen LogP contribution in [0.4, 0.5) is 0 Å². The van der Waals surface area contributed by atoms with Crippen LogP contribution in [0, 0.1) is 11.8 Å². The van der Waals surface area contributed by atoms with E-state index in [1.54, 1.807) is 0 Å². The van der Waals surface area contributed by atoms with Gasteiger partial charge < -0.3 is 10.4 Å². The zero-order valence-corrected chi connectivity index (χ0v) is 11.7. The maximum atomic E-state index is 11.8. The van der Waals surface area contributed by atoms with Crippen molar-refractivity contribution in [2.75, 3.05) is 0 Å². The average molecular weight is 255 g/mol. The minimum atomic E-state index is -1.18. The second kappa shape index (κ2) is 6.21. The van der Waals surface area contributed by atoms with Crippen molar-refractivity contribution >= 4 is 11.9 Å². The smallest absolute Gasteiger partial charge is 0.328 e. The predicted octanol–water partition coefficient (Wildman–Crippen LogP) is 2.57. The van der Waals surface area contributed by atoms with Gasteiger partial charge in [-0.15, -0.1) is 0 Å². The van der Waals surface area contributed by atoms with Gasteiger partial charge in [0.05, 0.1) is 0 Å². The lowest BCUT2D eigenvalue weighted by Crippen LogP contribution is -2.50. The molecule has 4 heteroatoms. The first-order valence-electron chi connectivity index (χ1n) is 6.87. The Morgan fingerprint density at radius 3 is 2.33 bits per heavy atom. The monoisotopic (exact) mass is 255 g/mol. The number of carboxylic acids is 1. The number of carboxylic acid groups (broad SMARTS) is 1. The molecule has 1 aliphatic carbocycles. The van der Waals surface area contributed by atoms with Crippen LogP contribution in [0.3, 0.4) is 0 Å². The maximum Gasteiger partial charge on any atom is 0.328 e. The van der Waals surface area contributed by atoms with Crippen LogP contribution >= 0.6 is 0 Å². The number of nitrogens with one attached hydrogen (secondary N) is 1. The SMILES string of the molecule is CC(CC(=O)NC(C)(C)C(=O)O)C1CCCCC1. The van der Waals surface area contributed by atoms with Crippen molar-refractivity contribution in [3.05, 3.63) is 0 Å². The number of hydrogen-bond acceptors (Lipinski definition) is 2. The first-order chi connectivity index (χ1) is 8.33. The zero-order chi connectivity index (χ0) is 13.8. The number of hydrogen-bond donors (Lipinski definition) is 2. The van der Waals surface area contributed by atoms with Gasteiger partial charge in [-0.1, -0.05) is 39.0 Å². The number of carbonyl (C=O) groups is 2. The molecule has 1 unspecified atom stereocenters.